The lowest BCUT2D eigenvalue weighted by Gasteiger charge is -2.10. The zero-order valence-corrected chi connectivity index (χ0v) is 16.7. The summed E-state index contributed by atoms with van der Waals surface area (Å²) >= 11 is 0. The Kier molecular flexibility index (Phi) is 6.55. The van der Waals surface area contributed by atoms with Crippen molar-refractivity contribution >= 4 is 27.1 Å². The van der Waals surface area contributed by atoms with Crippen molar-refractivity contribution in [1.82, 2.24) is 14.9 Å². The minimum Gasteiger partial charge on any atom is -0.494 e. The van der Waals surface area contributed by atoms with Crippen molar-refractivity contribution in [2.75, 3.05) is 30.2 Å². The van der Waals surface area contributed by atoms with Gasteiger partial charge in [0.05, 0.1) is 23.6 Å². The fraction of sp³-hybridized carbons (Fsp3) is 0.263. The maximum absolute atomic E-state index is 12.2. The predicted octanol–water partition coefficient (Wildman–Crippen LogP) is 1.67. The fourth-order valence-electron chi connectivity index (χ4n) is 2.54. The summed E-state index contributed by atoms with van der Waals surface area (Å²) in [4.78, 5) is 11.9. The van der Waals surface area contributed by atoms with E-state index in [0.29, 0.717) is 18.0 Å². The Morgan fingerprint density at radius 1 is 1.10 bits per heavy atom. The second kappa shape index (κ2) is 9.28. The van der Waals surface area contributed by atoms with E-state index in [9.17, 15) is 13.2 Å². The first-order valence-electron chi connectivity index (χ1n) is 9.01. The van der Waals surface area contributed by atoms with E-state index in [-0.39, 0.29) is 18.9 Å². The Morgan fingerprint density at radius 2 is 1.83 bits per heavy atom. The van der Waals surface area contributed by atoms with Crippen LogP contribution in [-0.2, 0) is 14.8 Å². The number of hydrogen-bond donors (Lipinski definition) is 2. The van der Waals surface area contributed by atoms with Gasteiger partial charge in [0.1, 0.15) is 11.5 Å². The maximum Gasteiger partial charge on any atom is 0.257 e. The summed E-state index contributed by atoms with van der Waals surface area (Å²) in [6.45, 7) is 2.22. The number of pyridine rings is 1. The van der Waals surface area contributed by atoms with Crippen LogP contribution in [-0.4, -0.2) is 49.5 Å². The Labute approximate surface area is 168 Å². The van der Waals surface area contributed by atoms with Crippen molar-refractivity contribution in [3.05, 3.63) is 54.9 Å². The zero-order valence-electron chi connectivity index (χ0n) is 15.9. The van der Waals surface area contributed by atoms with E-state index in [0.717, 1.165) is 11.3 Å². The Balaban J connectivity index is 1.41. The molecule has 0 radical (unpaired) electrons. The average Bonchev–Trinajstić information content (AvgIpc) is 3.15. The van der Waals surface area contributed by atoms with E-state index < -0.39 is 15.9 Å². The second-order valence-corrected chi connectivity index (χ2v) is 7.92. The van der Waals surface area contributed by atoms with Gasteiger partial charge in [-0.15, -0.1) is 0 Å². The van der Waals surface area contributed by atoms with Gasteiger partial charge in [0, 0.05) is 18.9 Å². The highest BCUT2D eigenvalue weighted by atomic mass is 32.2. The molecule has 0 aliphatic carbocycles. The molecule has 0 saturated heterocycles. The van der Waals surface area contributed by atoms with Gasteiger partial charge in [-0.1, -0.05) is 0 Å². The molecule has 3 rings (SSSR count). The van der Waals surface area contributed by atoms with Crippen LogP contribution in [0.3, 0.4) is 0 Å². The number of fused-ring (bicyclic) bond motifs is 1. The number of carbonyl (C=O) groups excluding carboxylic acids is 1. The van der Waals surface area contributed by atoms with Crippen molar-refractivity contribution in [1.29, 1.82) is 0 Å². The van der Waals surface area contributed by atoms with Crippen LogP contribution in [0.4, 0.5) is 5.69 Å². The van der Waals surface area contributed by atoms with Gasteiger partial charge in [0.2, 0.25) is 10.0 Å². The molecule has 29 heavy (non-hydrogen) atoms. The third-order valence-electron chi connectivity index (χ3n) is 3.87. The van der Waals surface area contributed by atoms with Crippen molar-refractivity contribution in [2.45, 2.75) is 6.92 Å². The summed E-state index contributed by atoms with van der Waals surface area (Å²) in [5.74, 6) is 0.573. The molecule has 0 aliphatic heterocycles. The molecule has 10 heteroatoms. The first kappa shape index (κ1) is 20.5. The monoisotopic (exact) mass is 418 g/mol. The number of anilines is 1. The van der Waals surface area contributed by atoms with Gasteiger partial charge in [-0.25, -0.2) is 12.9 Å². The largest absolute Gasteiger partial charge is 0.494 e. The Morgan fingerprint density at radius 3 is 2.55 bits per heavy atom. The highest BCUT2D eigenvalue weighted by Gasteiger charge is 2.12. The molecule has 0 bridgehead atoms. The topological polar surface area (TPSA) is 111 Å². The highest BCUT2D eigenvalue weighted by molar-refractivity contribution is 7.92. The molecule has 1 aromatic carbocycles. The van der Waals surface area contributed by atoms with Crippen LogP contribution in [0.2, 0.25) is 0 Å². The van der Waals surface area contributed by atoms with Crippen LogP contribution < -0.4 is 19.5 Å². The number of sulfonamides is 1. The zero-order chi connectivity index (χ0) is 20.7. The molecule has 0 fully saturated rings. The van der Waals surface area contributed by atoms with Gasteiger partial charge < -0.3 is 14.8 Å². The molecule has 3 aromatic rings. The number of nitrogens with one attached hydrogen (secondary N) is 2. The lowest BCUT2D eigenvalue weighted by Crippen LogP contribution is -2.34. The first-order chi connectivity index (χ1) is 13.9. The molecule has 0 atom stereocenters. The molecule has 0 aliphatic rings. The minimum atomic E-state index is -3.61. The molecular formula is C19H22N4O5S. The maximum atomic E-state index is 12.2. The van der Waals surface area contributed by atoms with E-state index in [2.05, 4.69) is 15.1 Å². The highest BCUT2D eigenvalue weighted by Crippen LogP contribution is 2.17. The van der Waals surface area contributed by atoms with Gasteiger partial charge in [-0.05, 0) is 49.4 Å². The molecule has 2 heterocycles. The number of benzene rings is 1. The van der Waals surface area contributed by atoms with E-state index in [1.165, 1.54) is 0 Å². The van der Waals surface area contributed by atoms with Gasteiger partial charge >= 0.3 is 0 Å². The second-order valence-electron chi connectivity index (χ2n) is 6.08. The number of ether oxygens (including phenoxy) is 2. The minimum absolute atomic E-state index is 0.0320. The molecule has 154 valence electrons. The summed E-state index contributed by atoms with van der Waals surface area (Å²) in [5, 5.41) is 6.58. The molecule has 0 unspecified atom stereocenters. The lowest BCUT2D eigenvalue weighted by atomic mass is 10.3. The number of rotatable bonds is 10. The normalized spacial score (nSPS) is 11.2. The van der Waals surface area contributed by atoms with Crippen LogP contribution in [0.1, 0.15) is 6.92 Å². The lowest BCUT2D eigenvalue weighted by molar-refractivity contribution is -0.122. The fourth-order valence-corrected chi connectivity index (χ4v) is 3.50. The number of amides is 1. The van der Waals surface area contributed by atoms with Crippen LogP contribution in [0.5, 0.6) is 11.5 Å². The molecule has 2 N–H and O–H groups in total. The third kappa shape index (κ3) is 6.11. The third-order valence-corrected chi connectivity index (χ3v) is 5.16. The summed E-state index contributed by atoms with van der Waals surface area (Å²) in [7, 11) is -3.61. The molecule has 2 aromatic heterocycles. The SMILES string of the molecule is CCOc1ccc(OCC(=O)NCCS(=O)(=O)Nc2ccn3nccc3c2)cc1. The Hall–Kier alpha value is -3.27. The van der Waals surface area contributed by atoms with Crippen LogP contribution >= 0.6 is 0 Å². The van der Waals surface area contributed by atoms with Gasteiger partial charge in [0.15, 0.2) is 6.61 Å². The van der Waals surface area contributed by atoms with Gasteiger partial charge in [0.25, 0.3) is 5.91 Å². The van der Waals surface area contributed by atoms with Crippen molar-refractivity contribution in [2.24, 2.45) is 0 Å². The standard InChI is InChI=1S/C19H22N4O5S/c1-2-27-17-3-5-18(6-4-17)28-14-19(24)20-10-12-29(25,26)22-15-8-11-23-16(13-15)7-9-21-23/h3-9,11,13,22H,2,10,12,14H2,1H3,(H,20,24). The quantitative estimate of drug-likeness (QED) is 0.518. The molecular weight excluding hydrogens is 396 g/mol. The summed E-state index contributed by atoms with van der Waals surface area (Å²) in [6, 6.07) is 11.9. The van der Waals surface area contributed by atoms with E-state index in [1.807, 2.05) is 6.92 Å². The average molecular weight is 418 g/mol. The smallest absolute Gasteiger partial charge is 0.257 e. The van der Waals surface area contributed by atoms with E-state index in [4.69, 9.17) is 9.47 Å². The van der Waals surface area contributed by atoms with E-state index in [1.54, 1.807) is 59.4 Å². The summed E-state index contributed by atoms with van der Waals surface area (Å²) < 4.78 is 39.2. The molecule has 1 amide bonds. The molecule has 0 spiro atoms. The van der Waals surface area contributed by atoms with Crippen molar-refractivity contribution in [3.8, 4) is 11.5 Å². The van der Waals surface area contributed by atoms with Crippen LogP contribution in [0, 0.1) is 0 Å². The molecule has 9 nitrogen and oxygen atoms in total. The summed E-state index contributed by atoms with van der Waals surface area (Å²) in [6.07, 6.45) is 3.28. The first-order valence-corrected chi connectivity index (χ1v) is 10.7. The van der Waals surface area contributed by atoms with Crippen LogP contribution in [0.15, 0.2) is 54.9 Å². The predicted molar refractivity (Wildman–Crippen MR) is 109 cm³/mol. The number of carbonyl (C=O) groups is 1. The Bertz CT molecular complexity index is 1060. The van der Waals surface area contributed by atoms with Crippen molar-refractivity contribution in [3.63, 3.8) is 0 Å². The number of hydrogen-bond acceptors (Lipinski definition) is 6. The number of aromatic nitrogens is 2. The van der Waals surface area contributed by atoms with Crippen LogP contribution in [0.25, 0.3) is 5.52 Å². The number of nitrogens with zero attached hydrogens (tertiary/aromatic N) is 2. The molecule has 0 saturated carbocycles. The van der Waals surface area contributed by atoms with Gasteiger partial charge in [-0.3, -0.25) is 9.52 Å². The summed E-state index contributed by atoms with van der Waals surface area (Å²) in [5.41, 5.74) is 1.20. The van der Waals surface area contributed by atoms with Gasteiger partial charge in [-0.2, -0.15) is 5.10 Å². The van der Waals surface area contributed by atoms with E-state index >= 15 is 0 Å². The van der Waals surface area contributed by atoms with Crippen molar-refractivity contribution < 1.29 is 22.7 Å².